The predicted molar refractivity (Wildman–Crippen MR) is 91.3 cm³/mol. The van der Waals surface area contributed by atoms with Gasteiger partial charge in [-0.25, -0.2) is 0 Å². The van der Waals surface area contributed by atoms with Gasteiger partial charge in [0, 0.05) is 18.7 Å². The van der Waals surface area contributed by atoms with Crippen molar-refractivity contribution >= 4 is 11.9 Å². The van der Waals surface area contributed by atoms with Crippen LogP contribution in [0.5, 0.6) is 0 Å². The number of rotatable bonds is 8. The van der Waals surface area contributed by atoms with E-state index in [0.717, 1.165) is 6.42 Å². The number of piperidine rings is 1. The Hall–Kier alpha value is -1.14. The van der Waals surface area contributed by atoms with Crippen LogP contribution in [0.1, 0.15) is 47.5 Å². The van der Waals surface area contributed by atoms with Crippen LogP contribution < -0.4 is 5.32 Å². The first-order chi connectivity index (χ1) is 11.4. The maximum absolute atomic E-state index is 12.6. The van der Waals surface area contributed by atoms with E-state index in [1.165, 1.54) is 0 Å². The van der Waals surface area contributed by atoms with Gasteiger partial charge in [0.05, 0.1) is 25.0 Å². The molecule has 0 bridgehead atoms. The Balaban J connectivity index is 3.16. The molecule has 1 heterocycles. The summed E-state index contributed by atoms with van der Waals surface area (Å²) in [7, 11) is 0. The fourth-order valence-electron chi connectivity index (χ4n) is 4.03. The number of aliphatic hydroxyl groups is 1. The van der Waals surface area contributed by atoms with Gasteiger partial charge >= 0.3 is 11.9 Å². The monoisotopic (exact) mass is 343 g/mol. The molecule has 1 aliphatic heterocycles. The van der Waals surface area contributed by atoms with Crippen LogP contribution >= 0.6 is 0 Å². The Morgan fingerprint density at radius 3 is 1.88 bits per heavy atom. The van der Waals surface area contributed by atoms with Crippen LogP contribution in [0.3, 0.4) is 0 Å². The molecule has 6 heteroatoms. The highest BCUT2D eigenvalue weighted by Crippen LogP contribution is 2.40. The molecule has 2 N–H and O–H groups in total. The molecule has 0 aromatic carbocycles. The van der Waals surface area contributed by atoms with E-state index in [2.05, 4.69) is 5.32 Å². The van der Waals surface area contributed by atoms with Gasteiger partial charge in [0.25, 0.3) is 0 Å². The molecule has 0 spiro atoms. The highest BCUT2D eigenvalue weighted by molar-refractivity contribution is 5.78. The van der Waals surface area contributed by atoms with E-state index in [1.807, 2.05) is 20.8 Å². The van der Waals surface area contributed by atoms with Crippen LogP contribution in [-0.2, 0) is 19.1 Å². The Morgan fingerprint density at radius 2 is 1.50 bits per heavy atom. The number of carbonyl (C=O) groups is 2. The van der Waals surface area contributed by atoms with Crippen molar-refractivity contribution in [3.05, 3.63) is 0 Å². The Kier molecular flexibility index (Phi) is 8.70. The molecule has 0 aromatic heterocycles. The number of carbonyl (C=O) groups excluding carboxylic acids is 2. The van der Waals surface area contributed by atoms with Gasteiger partial charge in [-0.3, -0.25) is 9.59 Å². The van der Waals surface area contributed by atoms with Gasteiger partial charge in [0.15, 0.2) is 0 Å². The van der Waals surface area contributed by atoms with Crippen molar-refractivity contribution in [3.8, 4) is 0 Å². The topological polar surface area (TPSA) is 84.9 Å². The zero-order valence-corrected chi connectivity index (χ0v) is 15.6. The zero-order valence-electron chi connectivity index (χ0n) is 15.6. The van der Waals surface area contributed by atoms with Crippen LogP contribution in [0.4, 0.5) is 0 Å². The molecule has 0 aliphatic carbocycles. The first-order valence-electron chi connectivity index (χ1n) is 9.09. The van der Waals surface area contributed by atoms with E-state index in [1.54, 1.807) is 13.8 Å². The smallest absolute Gasteiger partial charge is 0.310 e. The van der Waals surface area contributed by atoms with Gasteiger partial charge in [-0.15, -0.1) is 0 Å². The molecule has 6 nitrogen and oxygen atoms in total. The molecule has 1 rings (SSSR count). The van der Waals surface area contributed by atoms with E-state index in [-0.39, 0.29) is 42.5 Å². The molecule has 0 saturated carbocycles. The van der Waals surface area contributed by atoms with Gasteiger partial charge in [0.1, 0.15) is 0 Å². The summed E-state index contributed by atoms with van der Waals surface area (Å²) in [5.74, 6) is -1.39. The highest BCUT2D eigenvalue weighted by atomic mass is 16.5. The molecule has 5 atom stereocenters. The molecule has 1 fully saturated rings. The summed E-state index contributed by atoms with van der Waals surface area (Å²) in [6.45, 7) is 10.3. The Labute approximate surface area is 145 Å². The summed E-state index contributed by atoms with van der Waals surface area (Å²) in [6.07, 6.45) is 1.41. The zero-order chi connectivity index (χ0) is 18.3. The lowest BCUT2D eigenvalue weighted by Crippen LogP contribution is -2.60. The van der Waals surface area contributed by atoms with Gasteiger partial charge in [0.2, 0.25) is 0 Å². The summed E-state index contributed by atoms with van der Waals surface area (Å²) >= 11 is 0. The lowest BCUT2D eigenvalue weighted by Gasteiger charge is -2.46. The third-order valence-electron chi connectivity index (χ3n) is 5.02. The molecule has 1 saturated heterocycles. The minimum Gasteiger partial charge on any atom is -0.466 e. The van der Waals surface area contributed by atoms with E-state index < -0.39 is 11.8 Å². The van der Waals surface area contributed by atoms with Gasteiger partial charge in [-0.2, -0.15) is 0 Å². The summed E-state index contributed by atoms with van der Waals surface area (Å²) < 4.78 is 10.6. The van der Waals surface area contributed by atoms with E-state index in [0.29, 0.717) is 19.6 Å². The standard InChI is InChI=1S/C18H33NO5/c1-6-23-17(21)15-12(4)19-13(5)16(18(22)24-7-2)14(15)11(3)9-8-10-20/h11-16,19-20H,6-10H2,1-5H3. The van der Waals surface area contributed by atoms with E-state index >= 15 is 0 Å². The van der Waals surface area contributed by atoms with Crippen LogP contribution in [0.15, 0.2) is 0 Å². The summed E-state index contributed by atoms with van der Waals surface area (Å²) in [6, 6.07) is -0.155. The number of ether oxygens (including phenoxy) is 2. The summed E-state index contributed by atoms with van der Waals surface area (Å²) in [5, 5.41) is 12.5. The second-order valence-electron chi connectivity index (χ2n) is 6.72. The summed E-state index contributed by atoms with van der Waals surface area (Å²) in [4.78, 5) is 25.1. The minimum absolute atomic E-state index is 0.0775. The van der Waals surface area contributed by atoms with Crippen LogP contribution in [0.2, 0.25) is 0 Å². The molecule has 0 amide bonds. The number of aliphatic hydroxyl groups excluding tert-OH is 1. The average Bonchev–Trinajstić information content (AvgIpc) is 2.51. The third-order valence-corrected chi connectivity index (χ3v) is 5.02. The molecule has 5 unspecified atom stereocenters. The summed E-state index contributed by atoms with van der Waals surface area (Å²) in [5.41, 5.74) is 0. The van der Waals surface area contributed by atoms with Crippen LogP contribution in [0, 0.1) is 23.7 Å². The molecule has 0 radical (unpaired) electrons. The number of hydrogen-bond acceptors (Lipinski definition) is 6. The molecule has 140 valence electrons. The minimum atomic E-state index is -0.399. The van der Waals surface area contributed by atoms with Crippen molar-refractivity contribution in [2.24, 2.45) is 23.7 Å². The lowest BCUT2D eigenvalue weighted by molar-refractivity contribution is -0.164. The average molecular weight is 343 g/mol. The molecule has 1 aliphatic rings. The second-order valence-corrected chi connectivity index (χ2v) is 6.72. The van der Waals surface area contributed by atoms with Gasteiger partial charge in [-0.05, 0) is 52.4 Å². The van der Waals surface area contributed by atoms with E-state index in [9.17, 15) is 9.59 Å². The van der Waals surface area contributed by atoms with Crippen molar-refractivity contribution in [3.63, 3.8) is 0 Å². The van der Waals surface area contributed by atoms with Crippen LogP contribution in [0.25, 0.3) is 0 Å². The maximum atomic E-state index is 12.6. The first kappa shape index (κ1) is 20.9. The first-order valence-corrected chi connectivity index (χ1v) is 9.09. The fourth-order valence-corrected chi connectivity index (χ4v) is 4.03. The van der Waals surface area contributed by atoms with Crippen molar-refractivity contribution in [1.82, 2.24) is 5.32 Å². The largest absolute Gasteiger partial charge is 0.466 e. The second kappa shape index (κ2) is 9.99. The number of esters is 2. The normalized spacial score (nSPS) is 31.3. The number of nitrogens with one attached hydrogen (secondary N) is 1. The SMILES string of the molecule is CCOC(=O)C1C(C)NC(C)C(C(=O)OCC)C1C(C)CCCO. The Bertz CT molecular complexity index is 384. The fraction of sp³-hybridized carbons (Fsp3) is 0.889. The molecule has 24 heavy (non-hydrogen) atoms. The molecular formula is C18H33NO5. The van der Waals surface area contributed by atoms with E-state index in [4.69, 9.17) is 14.6 Å². The van der Waals surface area contributed by atoms with Crippen LogP contribution in [-0.4, -0.2) is 48.9 Å². The predicted octanol–water partition coefficient (Wildman–Crippen LogP) is 1.75. The third kappa shape index (κ3) is 4.93. The van der Waals surface area contributed by atoms with Gasteiger partial charge < -0.3 is 19.9 Å². The van der Waals surface area contributed by atoms with Crippen molar-refractivity contribution < 1.29 is 24.2 Å². The highest BCUT2D eigenvalue weighted by Gasteiger charge is 2.50. The Morgan fingerprint density at radius 1 is 1.04 bits per heavy atom. The number of hydrogen-bond donors (Lipinski definition) is 2. The molecule has 0 aromatic rings. The maximum Gasteiger partial charge on any atom is 0.310 e. The van der Waals surface area contributed by atoms with Crippen molar-refractivity contribution in [2.45, 2.75) is 59.5 Å². The molecular weight excluding hydrogens is 310 g/mol. The lowest BCUT2D eigenvalue weighted by atomic mass is 9.65. The van der Waals surface area contributed by atoms with Crippen molar-refractivity contribution in [1.29, 1.82) is 0 Å². The van der Waals surface area contributed by atoms with Gasteiger partial charge in [-0.1, -0.05) is 6.92 Å². The van der Waals surface area contributed by atoms with Crippen molar-refractivity contribution in [2.75, 3.05) is 19.8 Å². The quantitative estimate of drug-likeness (QED) is 0.653.